The number of nitrogens with zero attached hydrogens (tertiary/aromatic N) is 3. The molecule has 0 spiro atoms. The molecular formula is C28H29ClF4N4O4. The molecule has 1 saturated heterocycles. The van der Waals surface area contributed by atoms with Crippen LogP contribution in [-0.4, -0.2) is 53.1 Å². The summed E-state index contributed by atoms with van der Waals surface area (Å²) in [5.74, 6) is -5.89. The Hall–Kier alpha value is -3.67. The molecule has 0 radical (unpaired) electrons. The molecule has 1 aromatic carbocycles. The average Bonchev–Trinajstić information content (AvgIpc) is 2.90. The number of hydrogen-bond acceptors (Lipinski definition) is 7. The molecule has 8 nitrogen and oxygen atoms in total. The van der Waals surface area contributed by atoms with Crippen LogP contribution in [0.3, 0.4) is 0 Å². The number of nitrogens with one attached hydrogen (secondary N) is 1. The van der Waals surface area contributed by atoms with Crippen molar-refractivity contribution in [2.45, 2.75) is 52.2 Å². The second-order valence-corrected chi connectivity index (χ2v) is 10.9. The van der Waals surface area contributed by atoms with E-state index in [1.54, 1.807) is 27.7 Å². The molecule has 2 aromatic rings. The smallest absolute Gasteiger partial charge is 0.410 e. The first kappa shape index (κ1) is 30.3. The zero-order chi connectivity index (χ0) is 30.1. The summed E-state index contributed by atoms with van der Waals surface area (Å²) in [7, 11) is 0. The van der Waals surface area contributed by atoms with Gasteiger partial charge in [-0.15, -0.1) is 0 Å². The van der Waals surface area contributed by atoms with Crippen molar-refractivity contribution in [3.05, 3.63) is 75.2 Å². The number of piperidine rings is 1. The number of ether oxygens (including phenoxy) is 2. The number of hydrogen-bond donors (Lipinski definition) is 1. The van der Waals surface area contributed by atoms with Crippen LogP contribution in [0.25, 0.3) is 0 Å². The summed E-state index contributed by atoms with van der Waals surface area (Å²) in [5.41, 5.74) is -0.886. The number of carbonyl (C=O) groups is 2. The van der Waals surface area contributed by atoms with Gasteiger partial charge in [-0.1, -0.05) is 17.7 Å². The molecule has 41 heavy (non-hydrogen) atoms. The predicted octanol–water partition coefficient (Wildman–Crippen LogP) is 5.85. The highest BCUT2D eigenvalue weighted by atomic mass is 35.5. The lowest BCUT2D eigenvalue weighted by Gasteiger charge is -2.37. The topological polar surface area (TPSA) is 93.1 Å². The van der Waals surface area contributed by atoms with Gasteiger partial charge >= 0.3 is 12.1 Å². The number of pyridine rings is 1. The fourth-order valence-electron chi connectivity index (χ4n) is 4.68. The molecule has 220 valence electrons. The molecule has 1 N–H and O–H groups in total. The number of benzene rings is 1. The van der Waals surface area contributed by atoms with Crippen LogP contribution in [0, 0.1) is 29.2 Å². The molecule has 3 heterocycles. The van der Waals surface area contributed by atoms with Crippen LogP contribution in [0.1, 0.15) is 57.8 Å². The highest BCUT2D eigenvalue weighted by molar-refractivity contribution is 6.31. The van der Waals surface area contributed by atoms with Crippen LogP contribution >= 0.6 is 11.6 Å². The molecule has 13 heteroatoms. The maximum Gasteiger partial charge on any atom is 0.410 e. The molecule has 2 aliphatic heterocycles. The van der Waals surface area contributed by atoms with Crippen molar-refractivity contribution in [3.63, 3.8) is 0 Å². The van der Waals surface area contributed by atoms with Crippen molar-refractivity contribution in [1.82, 2.24) is 15.2 Å². The molecule has 1 aromatic heterocycles. The molecule has 4 rings (SSSR count). The Morgan fingerprint density at radius 2 is 1.80 bits per heavy atom. The molecular weight excluding hydrogens is 568 g/mol. The largest absolute Gasteiger partial charge is 0.463 e. The lowest BCUT2D eigenvalue weighted by Crippen LogP contribution is -2.45. The number of likely N-dealkylation sites (tertiary alicyclic amines) is 1. The number of carbonyl (C=O) groups excluding carboxylic acids is 2. The number of aromatic nitrogens is 1. The Morgan fingerprint density at radius 1 is 1.12 bits per heavy atom. The summed E-state index contributed by atoms with van der Waals surface area (Å²) < 4.78 is 67.8. The van der Waals surface area contributed by atoms with Gasteiger partial charge < -0.3 is 19.7 Å². The van der Waals surface area contributed by atoms with Gasteiger partial charge in [0.15, 0.2) is 23.3 Å². The van der Waals surface area contributed by atoms with Gasteiger partial charge in [0.1, 0.15) is 23.2 Å². The van der Waals surface area contributed by atoms with E-state index in [0.29, 0.717) is 18.9 Å². The lowest BCUT2D eigenvalue weighted by molar-refractivity contribution is -0.139. The van der Waals surface area contributed by atoms with E-state index in [9.17, 15) is 27.2 Å². The first-order chi connectivity index (χ1) is 19.3. The van der Waals surface area contributed by atoms with Crippen LogP contribution in [0.15, 0.2) is 40.7 Å². The van der Waals surface area contributed by atoms with Gasteiger partial charge in [0.2, 0.25) is 0 Å². The standard InChI is InChI=1S/C28H29ClF4N4O4/c1-5-40-26(38)19-22(14-8-10-37(11-9-14)27(39)41-28(2,3)4)35-25(24-18(32)12-15(30)13-34-24)36-23(19)16-6-7-17(31)21(33)20(16)29/h6-7,12-14,23H,5,8-11H2,1-4H3,(H,35,36). The van der Waals surface area contributed by atoms with E-state index >= 15 is 0 Å². The van der Waals surface area contributed by atoms with Gasteiger partial charge in [0.05, 0.1) is 23.4 Å². The third-order valence-corrected chi connectivity index (χ3v) is 6.90. The highest BCUT2D eigenvalue weighted by Gasteiger charge is 2.39. The van der Waals surface area contributed by atoms with Gasteiger partial charge in [-0.2, -0.15) is 0 Å². The highest BCUT2D eigenvalue weighted by Crippen LogP contribution is 2.41. The second-order valence-electron chi connectivity index (χ2n) is 10.5. The number of amidine groups is 1. The summed E-state index contributed by atoms with van der Waals surface area (Å²) in [6.07, 6.45) is 1.02. The molecule has 2 aliphatic rings. The number of rotatable bonds is 5. The zero-order valence-corrected chi connectivity index (χ0v) is 23.6. The number of halogens is 5. The Balaban J connectivity index is 1.81. The molecule has 0 bridgehead atoms. The van der Waals surface area contributed by atoms with E-state index in [2.05, 4.69) is 15.3 Å². The molecule has 0 saturated carbocycles. The summed E-state index contributed by atoms with van der Waals surface area (Å²) >= 11 is 6.19. The monoisotopic (exact) mass is 596 g/mol. The van der Waals surface area contributed by atoms with Crippen molar-refractivity contribution in [2.75, 3.05) is 19.7 Å². The quantitative estimate of drug-likeness (QED) is 0.265. The fourth-order valence-corrected chi connectivity index (χ4v) is 4.94. The molecule has 1 amide bonds. The minimum atomic E-state index is -1.35. The maximum atomic E-state index is 14.9. The van der Waals surface area contributed by atoms with E-state index in [1.165, 1.54) is 11.0 Å². The number of esters is 1. The van der Waals surface area contributed by atoms with Crippen molar-refractivity contribution < 1.29 is 36.6 Å². The van der Waals surface area contributed by atoms with Gasteiger partial charge in [0, 0.05) is 36.3 Å². The summed E-state index contributed by atoms with van der Waals surface area (Å²) in [6.45, 7) is 7.41. The molecule has 1 unspecified atom stereocenters. The maximum absolute atomic E-state index is 14.9. The minimum absolute atomic E-state index is 0.00432. The third kappa shape index (κ3) is 6.64. The first-order valence-electron chi connectivity index (χ1n) is 13.0. The normalized spacial score (nSPS) is 18.1. The Labute approximate surface area is 239 Å². The lowest BCUT2D eigenvalue weighted by atomic mass is 9.85. The van der Waals surface area contributed by atoms with E-state index < -0.39 is 57.9 Å². The van der Waals surface area contributed by atoms with Crippen molar-refractivity contribution >= 4 is 29.5 Å². The minimum Gasteiger partial charge on any atom is -0.463 e. The third-order valence-electron chi connectivity index (χ3n) is 6.52. The molecule has 1 fully saturated rings. The van der Waals surface area contributed by atoms with E-state index in [4.69, 9.17) is 21.1 Å². The van der Waals surface area contributed by atoms with Crippen LogP contribution < -0.4 is 5.32 Å². The van der Waals surface area contributed by atoms with Crippen LogP contribution in [0.2, 0.25) is 5.02 Å². The average molecular weight is 597 g/mol. The predicted molar refractivity (Wildman–Crippen MR) is 142 cm³/mol. The number of amides is 1. The van der Waals surface area contributed by atoms with Crippen molar-refractivity contribution in [2.24, 2.45) is 10.9 Å². The van der Waals surface area contributed by atoms with Gasteiger partial charge in [-0.05, 0) is 46.6 Å². The van der Waals surface area contributed by atoms with Crippen LogP contribution in [0.4, 0.5) is 22.4 Å². The molecule has 1 atom stereocenters. The Morgan fingerprint density at radius 3 is 2.41 bits per heavy atom. The van der Waals surface area contributed by atoms with Crippen LogP contribution in [-0.2, 0) is 14.3 Å². The molecule has 0 aliphatic carbocycles. The number of allylic oxidation sites excluding steroid dienone is 1. The van der Waals surface area contributed by atoms with E-state index in [1.807, 2.05) is 0 Å². The van der Waals surface area contributed by atoms with Gasteiger partial charge in [0.25, 0.3) is 0 Å². The summed E-state index contributed by atoms with van der Waals surface area (Å²) in [5, 5.41) is 2.36. The van der Waals surface area contributed by atoms with Crippen LogP contribution in [0.5, 0.6) is 0 Å². The Bertz CT molecular complexity index is 1420. The van der Waals surface area contributed by atoms with Crippen molar-refractivity contribution in [3.8, 4) is 0 Å². The van der Waals surface area contributed by atoms with Gasteiger partial charge in [-0.25, -0.2) is 32.1 Å². The fraction of sp³-hybridized carbons (Fsp3) is 0.429. The summed E-state index contributed by atoms with van der Waals surface area (Å²) in [6, 6.07) is 1.29. The second kappa shape index (κ2) is 12.1. The summed E-state index contributed by atoms with van der Waals surface area (Å²) in [4.78, 5) is 35.7. The van der Waals surface area contributed by atoms with E-state index in [0.717, 1.165) is 12.3 Å². The first-order valence-corrected chi connectivity index (χ1v) is 13.4. The Kier molecular flexibility index (Phi) is 8.91. The zero-order valence-electron chi connectivity index (χ0n) is 22.9. The van der Waals surface area contributed by atoms with Crippen molar-refractivity contribution in [1.29, 1.82) is 0 Å². The van der Waals surface area contributed by atoms with E-state index in [-0.39, 0.29) is 48.1 Å². The number of aliphatic imine (C=N–C) groups is 1. The SMILES string of the molecule is CCOC(=O)C1=C(C2CCN(C(=O)OC(C)(C)C)CC2)NC(c2ncc(F)cc2F)=NC1c1ccc(F)c(F)c1Cl. The van der Waals surface area contributed by atoms with Gasteiger partial charge in [-0.3, -0.25) is 4.99 Å².